The van der Waals surface area contributed by atoms with Crippen molar-refractivity contribution in [1.82, 2.24) is 9.80 Å². The van der Waals surface area contributed by atoms with Crippen molar-refractivity contribution in [2.24, 2.45) is 5.92 Å². The molecule has 0 saturated carbocycles. The first-order chi connectivity index (χ1) is 6.18. The summed E-state index contributed by atoms with van der Waals surface area (Å²) in [6.45, 7) is 9.93. The van der Waals surface area contributed by atoms with Crippen molar-refractivity contribution < 1.29 is 0 Å². The molecule has 0 aliphatic carbocycles. The zero-order chi connectivity index (χ0) is 9.68. The summed E-state index contributed by atoms with van der Waals surface area (Å²) in [5.74, 6) is 6.93. The quantitative estimate of drug-likeness (QED) is 0.553. The summed E-state index contributed by atoms with van der Waals surface area (Å²) in [4.78, 5) is 4.79. The van der Waals surface area contributed by atoms with Crippen molar-refractivity contribution >= 4 is 0 Å². The first kappa shape index (κ1) is 10.6. The summed E-state index contributed by atoms with van der Waals surface area (Å²) >= 11 is 0. The van der Waals surface area contributed by atoms with Gasteiger partial charge in [0, 0.05) is 32.1 Å². The summed E-state index contributed by atoms with van der Waals surface area (Å²) in [5, 5.41) is 0. The molecule has 0 aromatic carbocycles. The highest BCUT2D eigenvalue weighted by Crippen LogP contribution is 1.97. The van der Waals surface area contributed by atoms with E-state index < -0.39 is 0 Å². The van der Waals surface area contributed by atoms with Gasteiger partial charge in [0.2, 0.25) is 0 Å². The Hall–Kier alpha value is -0.520. The minimum absolute atomic E-state index is 0.507. The van der Waals surface area contributed by atoms with Gasteiger partial charge in [-0.3, -0.25) is 4.90 Å². The van der Waals surface area contributed by atoms with Crippen LogP contribution in [0.25, 0.3) is 0 Å². The van der Waals surface area contributed by atoms with Crippen LogP contribution < -0.4 is 0 Å². The predicted molar refractivity (Wildman–Crippen MR) is 56.6 cm³/mol. The molecular formula is C11H20N2. The summed E-state index contributed by atoms with van der Waals surface area (Å²) in [6, 6.07) is 0. The van der Waals surface area contributed by atoms with Gasteiger partial charge in [-0.15, -0.1) is 0 Å². The van der Waals surface area contributed by atoms with Crippen LogP contribution in [0.1, 0.15) is 13.8 Å². The normalized spacial score (nSPS) is 20.0. The molecule has 2 heteroatoms. The highest BCUT2D eigenvalue weighted by atomic mass is 15.2. The monoisotopic (exact) mass is 180 g/mol. The molecule has 1 aliphatic rings. The molecule has 1 aliphatic heterocycles. The smallest absolute Gasteiger partial charge is 0.0602 e. The average molecular weight is 180 g/mol. The minimum Gasteiger partial charge on any atom is -0.304 e. The fourth-order valence-electron chi connectivity index (χ4n) is 1.37. The highest BCUT2D eigenvalue weighted by Gasteiger charge is 2.11. The molecule has 0 aromatic rings. The lowest BCUT2D eigenvalue weighted by atomic mass is 10.2. The van der Waals surface area contributed by atoms with Gasteiger partial charge in [-0.25, -0.2) is 0 Å². The molecule has 2 nitrogen and oxygen atoms in total. The molecule has 0 atom stereocenters. The van der Waals surface area contributed by atoms with Gasteiger partial charge < -0.3 is 4.90 Å². The second kappa shape index (κ2) is 5.26. The molecule has 13 heavy (non-hydrogen) atoms. The minimum atomic E-state index is 0.507. The van der Waals surface area contributed by atoms with Gasteiger partial charge in [-0.2, -0.15) is 0 Å². The molecule has 1 rings (SSSR count). The van der Waals surface area contributed by atoms with Gasteiger partial charge in [0.1, 0.15) is 0 Å². The molecule has 0 radical (unpaired) electrons. The fraction of sp³-hybridized carbons (Fsp3) is 0.818. The summed E-state index contributed by atoms with van der Waals surface area (Å²) < 4.78 is 0. The van der Waals surface area contributed by atoms with E-state index in [2.05, 4.69) is 42.5 Å². The maximum absolute atomic E-state index is 3.23. The Bertz CT molecular complexity index is 192. The standard InChI is InChI=1S/C11H20N2/c1-11(2)5-4-6-13-9-7-12(3)8-10-13/h11H,6-10H2,1-3H3. The van der Waals surface area contributed by atoms with Gasteiger partial charge in [0.15, 0.2) is 0 Å². The Balaban J connectivity index is 2.20. The Morgan fingerprint density at radius 2 is 1.77 bits per heavy atom. The Morgan fingerprint density at radius 1 is 1.15 bits per heavy atom. The Labute approximate surface area is 81.9 Å². The van der Waals surface area contributed by atoms with Crippen molar-refractivity contribution in [3.8, 4) is 11.8 Å². The maximum atomic E-state index is 3.23. The molecular weight excluding hydrogens is 160 g/mol. The Morgan fingerprint density at radius 3 is 2.31 bits per heavy atom. The van der Waals surface area contributed by atoms with Crippen molar-refractivity contribution in [2.45, 2.75) is 13.8 Å². The average Bonchev–Trinajstić information content (AvgIpc) is 2.08. The van der Waals surface area contributed by atoms with Gasteiger partial charge in [0.05, 0.1) is 6.54 Å². The second-order valence-corrected chi connectivity index (χ2v) is 4.06. The molecule has 0 amide bonds. The number of hydrogen-bond donors (Lipinski definition) is 0. The number of hydrogen-bond acceptors (Lipinski definition) is 2. The van der Waals surface area contributed by atoms with Gasteiger partial charge in [-0.1, -0.05) is 25.7 Å². The van der Waals surface area contributed by atoms with E-state index in [1.54, 1.807) is 0 Å². The van der Waals surface area contributed by atoms with E-state index in [0.29, 0.717) is 5.92 Å². The van der Waals surface area contributed by atoms with Crippen LogP contribution in [0.5, 0.6) is 0 Å². The first-order valence-corrected chi connectivity index (χ1v) is 5.08. The van der Waals surface area contributed by atoms with Crippen molar-refractivity contribution in [3.63, 3.8) is 0 Å². The molecule has 0 bridgehead atoms. The lowest BCUT2D eigenvalue weighted by Gasteiger charge is -2.30. The summed E-state index contributed by atoms with van der Waals surface area (Å²) in [7, 11) is 2.18. The van der Waals surface area contributed by atoms with E-state index in [9.17, 15) is 0 Å². The van der Waals surface area contributed by atoms with E-state index in [1.165, 1.54) is 26.2 Å². The summed E-state index contributed by atoms with van der Waals surface area (Å²) in [5.41, 5.74) is 0. The number of nitrogens with zero attached hydrogens (tertiary/aromatic N) is 2. The highest BCUT2D eigenvalue weighted by molar-refractivity contribution is 5.03. The van der Waals surface area contributed by atoms with Crippen LogP contribution in [0, 0.1) is 17.8 Å². The molecule has 0 spiro atoms. The van der Waals surface area contributed by atoms with Gasteiger partial charge >= 0.3 is 0 Å². The molecule has 0 unspecified atom stereocenters. The number of piperazine rings is 1. The van der Waals surface area contributed by atoms with Crippen LogP contribution in [0.2, 0.25) is 0 Å². The van der Waals surface area contributed by atoms with Crippen molar-refractivity contribution in [1.29, 1.82) is 0 Å². The van der Waals surface area contributed by atoms with E-state index >= 15 is 0 Å². The fourth-order valence-corrected chi connectivity index (χ4v) is 1.37. The van der Waals surface area contributed by atoms with Gasteiger partial charge in [-0.05, 0) is 7.05 Å². The molecule has 1 heterocycles. The molecule has 0 N–H and O–H groups in total. The lowest BCUT2D eigenvalue weighted by Crippen LogP contribution is -2.44. The van der Waals surface area contributed by atoms with Crippen LogP contribution in [0.3, 0.4) is 0 Å². The summed E-state index contributed by atoms with van der Waals surface area (Å²) in [6.07, 6.45) is 0. The molecule has 1 saturated heterocycles. The predicted octanol–water partition coefficient (Wildman–Crippen LogP) is 0.893. The van der Waals surface area contributed by atoms with Gasteiger partial charge in [0.25, 0.3) is 0 Å². The lowest BCUT2D eigenvalue weighted by molar-refractivity contribution is 0.168. The van der Waals surface area contributed by atoms with Crippen molar-refractivity contribution in [2.75, 3.05) is 39.8 Å². The van der Waals surface area contributed by atoms with E-state index in [0.717, 1.165) is 6.54 Å². The molecule has 1 fully saturated rings. The number of likely N-dealkylation sites (N-methyl/N-ethyl adjacent to an activating group) is 1. The zero-order valence-electron chi connectivity index (χ0n) is 9.01. The van der Waals surface area contributed by atoms with Crippen LogP contribution in [-0.2, 0) is 0 Å². The third-order valence-electron chi connectivity index (χ3n) is 2.29. The van der Waals surface area contributed by atoms with Crippen LogP contribution in [-0.4, -0.2) is 49.6 Å². The van der Waals surface area contributed by atoms with E-state index in [1.807, 2.05) is 0 Å². The molecule has 74 valence electrons. The van der Waals surface area contributed by atoms with Crippen LogP contribution in [0.4, 0.5) is 0 Å². The number of rotatable bonds is 1. The molecule has 0 aromatic heterocycles. The van der Waals surface area contributed by atoms with Crippen LogP contribution >= 0.6 is 0 Å². The van der Waals surface area contributed by atoms with E-state index in [4.69, 9.17) is 0 Å². The Kier molecular flexibility index (Phi) is 4.27. The van der Waals surface area contributed by atoms with Crippen LogP contribution in [0.15, 0.2) is 0 Å². The third-order valence-corrected chi connectivity index (χ3v) is 2.29. The first-order valence-electron chi connectivity index (χ1n) is 5.08. The SMILES string of the molecule is CC(C)C#CCN1CCN(C)CC1. The van der Waals surface area contributed by atoms with Crippen molar-refractivity contribution in [3.05, 3.63) is 0 Å². The second-order valence-electron chi connectivity index (χ2n) is 4.06. The third kappa shape index (κ3) is 4.31. The topological polar surface area (TPSA) is 6.48 Å². The largest absolute Gasteiger partial charge is 0.304 e. The maximum Gasteiger partial charge on any atom is 0.0602 e. The zero-order valence-corrected chi connectivity index (χ0v) is 9.01. The van der Waals surface area contributed by atoms with E-state index in [-0.39, 0.29) is 0 Å².